The molecular weight excluding hydrogens is 208 g/mol. The van der Waals surface area contributed by atoms with Crippen LogP contribution in [0.1, 0.15) is 12.0 Å². The van der Waals surface area contributed by atoms with Gasteiger partial charge in [-0.1, -0.05) is 54.6 Å². The fourth-order valence-electron chi connectivity index (χ4n) is 2.05. The van der Waals surface area contributed by atoms with Gasteiger partial charge >= 0.3 is 0 Å². The Kier molecular flexibility index (Phi) is 3.73. The van der Waals surface area contributed by atoms with Crippen molar-refractivity contribution in [3.8, 4) is 0 Å². The number of benzene rings is 2. The van der Waals surface area contributed by atoms with E-state index in [0.29, 0.717) is 0 Å². The van der Waals surface area contributed by atoms with Gasteiger partial charge in [0.15, 0.2) is 0 Å². The number of hydrogen-bond acceptors (Lipinski definition) is 1. The van der Waals surface area contributed by atoms with E-state index in [4.69, 9.17) is 5.11 Å². The van der Waals surface area contributed by atoms with Crippen LogP contribution in [0.2, 0.25) is 0 Å². The molecule has 0 amide bonds. The van der Waals surface area contributed by atoms with Crippen molar-refractivity contribution in [3.05, 3.63) is 66.3 Å². The molecule has 0 fully saturated rings. The molecule has 1 N–H and O–H groups in total. The molecule has 0 unspecified atom stereocenters. The Morgan fingerprint density at radius 2 is 1.71 bits per heavy atom. The minimum absolute atomic E-state index is 1.00. The van der Waals surface area contributed by atoms with Crippen molar-refractivity contribution in [1.82, 2.24) is 0 Å². The lowest BCUT2D eigenvalue weighted by Crippen LogP contribution is -1.81. The fraction of sp³-hybridized carbons (Fsp3) is 0.125. The van der Waals surface area contributed by atoms with Crippen LogP contribution >= 0.6 is 0 Å². The van der Waals surface area contributed by atoms with Gasteiger partial charge in [0.05, 0.1) is 0 Å². The molecule has 0 atom stereocenters. The topological polar surface area (TPSA) is 20.2 Å². The molecule has 1 aliphatic rings. The largest absolute Gasteiger partial charge is 0.400 e. The number of fused-ring (bicyclic) bond motifs is 1. The smallest absolute Gasteiger partial charge is 0.0319 e. The minimum atomic E-state index is 1.00. The van der Waals surface area contributed by atoms with Crippen molar-refractivity contribution < 1.29 is 5.11 Å². The van der Waals surface area contributed by atoms with Gasteiger partial charge in [0.25, 0.3) is 0 Å². The normalized spacial score (nSPS) is 13.2. The average Bonchev–Trinajstić information content (AvgIpc) is 2.94. The van der Waals surface area contributed by atoms with Gasteiger partial charge in [0.2, 0.25) is 0 Å². The third-order valence-electron chi connectivity index (χ3n) is 2.89. The van der Waals surface area contributed by atoms with Crippen molar-refractivity contribution in [1.29, 1.82) is 0 Å². The maximum Gasteiger partial charge on any atom is 0.0319 e. The van der Waals surface area contributed by atoms with Crippen LogP contribution in [0, 0.1) is 0 Å². The van der Waals surface area contributed by atoms with Gasteiger partial charge in [0.1, 0.15) is 0 Å². The van der Waals surface area contributed by atoms with E-state index in [1.165, 1.54) is 21.9 Å². The monoisotopic (exact) mass is 224 g/mol. The summed E-state index contributed by atoms with van der Waals surface area (Å²) in [6, 6.07) is 15.2. The van der Waals surface area contributed by atoms with Crippen LogP contribution in [0.4, 0.5) is 0 Å². The molecule has 2 aromatic rings. The summed E-state index contributed by atoms with van der Waals surface area (Å²) < 4.78 is 0. The Hall–Kier alpha value is -1.86. The van der Waals surface area contributed by atoms with Gasteiger partial charge in [-0.05, 0) is 34.4 Å². The second-order valence-electron chi connectivity index (χ2n) is 3.89. The molecule has 86 valence electrons. The highest BCUT2D eigenvalue weighted by Crippen LogP contribution is 2.26. The fourth-order valence-corrected chi connectivity index (χ4v) is 2.05. The van der Waals surface area contributed by atoms with Crippen LogP contribution in [-0.4, -0.2) is 12.2 Å². The second-order valence-corrected chi connectivity index (χ2v) is 3.89. The lowest BCUT2D eigenvalue weighted by Gasteiger charge is -2.04. The van der Waals surface area contributed by atoms with Crippen molar-refractivity contribution in [2.45, 2.75) is 6.42 Å². The molecular formula is C16H16O. The Morgan fingerprint density at radius 1 is 0.941 bits per heavy atom. The number of rotatable bonds is 1. The molecule has 0 heterocycles. The molecule has 0 aromatic heterocycles. The Balaban J connectivity index is 0.000000514. The maximum absolute atomic E-state index is 7.00. The van der Waals surface area contributed by atoms with Gasteiger partial charge in [-0.2, -0.15) is 0 Å². The Bertz CT molecular complexity index is 565. The van der Waals surface area contributed by atoms with E-state index in [1.807, 2.05) is 0 Å². The number of hydrogen-bond donors (Lipinski definition) is 1. The highest BCUT2D eigenvalue weighted by molar-refractivity contribution is 5.87. The van der Waals surface area contributed by atoms with Gasteiger partial charge in [-0.25, -0.2) is 0 Å². The lowest BCUT2D eigenvalue weighted by molar-refractivity contribution is 0.399. The molecule has 17 heavy (non-hydrogen) atoms. The first-order chi connectivity index (χ1) is 8.43. The van der Waals surface area contributed by atoms with E-state index in [9.17, 15) is 0 Å². The third-order valence-corrected chi connectivity index (χ3v) is 2.89. The van der Waals surface area contributed by atoms with Crippen molar-refractivity contribution in [2.75, 3.05) is 7.11 Å². The van der Waals surface area contributed by atoms with E-state index < -0.39 is 0 Å². The number of aliphatic hydroxyl groups excluding tert-OH is 1. The molecule has 0 bridgehead atoms. The Labute approximate surface area is 102 Å². The summed E-state index contributed by atoms with van der Waals surface area (Å²) >= 11 is 0. The van der Waals surface area contributed by atoms with Crippen LogP contribution in [-0.2, 0) is 0 Å². The van der Waals surface area contributed by atoms with E-state index in [2.05, 4.69) is 60.7 Å². The van der Waals surface area contributed by atoms with Gasteiger partial charge in [0, 0.05) is 7.11 Å². The predicted molar refractivity (Wildman–Crippen MR) is 73.8 cm³/mol. The van der Waals surface area contributed by atoms with E-state index in [-0.39, 0.29) is 0 Å². The molecule has 0 spiro atoms. The molecule has 1 aliphatic carbocycles. The van der Waals surface area contributed by atoms with Gasteiger partial charge < -0.3 is 5.11 Å². The summed E-state index contributed by atoms with van der Waals surface area (Å²) in [7, 11) is 1.00. The summed E-state index contributed by atoms with van der Waals surface area (Å²) in [6.45, 7) is 0. The summed E-state index contributed by atoms with van der Waals surface area (Å²) in [5.41, 5.74) is 2.76. The maximum atomic E-state index is 7.00. The predicted octanol–water partition coefficient (Wildman–Crippen LogP) is 3.79. The van der Waals surface area contributed by atoms with Gasteiger partial charge in [-0.3, -0.25) is 0 Å². The molecule has 1 heteroatoms. The highest BCUT2D eigenvalue weighted by Gasteiger charge is 2.03. The average molecular weight is 224 g/mol. The SMILES string of the molecule is C1=CCC(c2ccc3ccccc3c2)=C1.CO. The zero-order chi connectivity index (χ0) is 12.1. The Morgan fingerprint density at radius 3 is 2.41 bits per heavy atom. The van der Waals surface area contributed by atoms with E-state index in [0.717, 1.165) is 13.5 Å². The quantitative estimate of drug-likeness (QED) is 0.781. The second kappa shape index (κ2) is 5.46. The zero-order valence-electron chi connectivity index (χ0n) is 9.93. The van der Waals surface area contributed by atoms with Crippen molar-refractivity contribution >= 4 is 16.3 Å². The first-order valence-corrected chi connectivity index (χ1v) is 5.73. The molecule has 0 radical (unpaired) electrons. The first kappa shape index (κ1) is 11.6. The van der Waals surface area contributed by atoms with Crippen molar-refractivity contribution in [2.24, 2.45) is 0 Å². The van der Waals surface area contributed by atoms with Gasteiger partial charge in [-0.15, -0.1) is 0 Å². The van der Waals surface area contributed by atoms with Crippen LogP contribution < -0.4 is 0 Å². The van der Waals surface area contributed by atoms with E-state index >= 15 is 0 Å². The van der Waals surface area contributed by atoms with E-state index in [1.54, 1.807) is 0 Å². The first-order valence-electron chi connectivity index (χ1n) is 5.73. The zero-order valence-corrected chi connectivity index (χ0v) is 9.93. The summed E-state index contributed by atoms with van der Waals surface area (Å²) in [5, 5.41) is 9.63. The lowest BCUT2D eigenvalue weighted by atomic mass is 10.0. The third kappa shape index (κ3) is 2.45. The van der Waals surface area contributed by atoms with Crippen LogP contribution in [0.25, 0.3) is 16.3 Å². The number of allylic oxidation sites excluding steroid dienone is 4. The summed E-state index contributed by atoms with van der Waals surface area (Å²) in [4.78, 5) is 0. The van der Waals surface area contributed by atoms with Crippen LogP contribution in [0.3, 0.4) is 0 Å². The summed E-state index contributed by atoms with van der Waals surface area (Å²) in [5.74, 6) is 0. The molecule has 0 saturated carbocycles. The number of aliphatic hydroxyl groups is 1. The molecule has 0 saturated heterocycles. The molecule has 0 aliphatic heterocycles. The van der Waals surface area contributed by atoms with Crippen LogP contribution in [0.5, 0.6) is 0 Å². The summed E-state index contributed by atoms with van der Waals surface area (Å²) in [6.07, 6.45) is 7.59. The van der Waals surface area contributed by atoms with Crippen molar-refractivity contribution in [3.63, 3.8) is 0 Å². The molecule has 2 aromatic carbocycles. The molecule has 3 rings (SSSR count). The standard InChI is InChI=1S/C15H12.CH4O/c1-2-6-12(5-1)15-10-9-13-7-3-4-8-14(13)11-15;1-2/h1-5,7-11H,6H2;2H,1H3. The highest BCUT2D eigenvalue weighted by atomic mass is 16.2. The minimum Gasteiger partial charge on any atom is -0.400 e. The van der Waals surface area contributed by atoms with Crippen LogP contribution in [0.15, 0.2) is 60.7 Å². The molecule has 1 nitrogen and oxygen atoms in total.